The molecule has 0 heterocycles. The molecule has 2 unspecified atom stereocenters. The van der Waals surface area contributed by atoms with Crippen LogP contribution in [0.1, 0.15) is 361 Å². The van der Waals surface area contributed by atoms with E-state index in [1.165, 1.54) is 302 Å². The van der Waals surface area contributed by atoms with Gasteiger partial charge in [0.1, 0.15) is 0 Å². The maximum atomic E-state index is 12.5. The Hall–Kier alpha value is -1.13. The molecule has 0 aliphatic carbocycles. The van der Waals surface area contributed by atoms with Crippen molar-refractivity contribution in [1.82, 2.24) is 5.32 Å². The second-order valence-corrected chi connectivity index (χ2v) is 21.8. The lowest BCUT2D eigenvalue weighted by Gasteiger charge is -2.22. The van der Waals surface area contributed by atoms with Gasteiger partial charge in [-0.05, 0) is 44.9 Å². The summed E-state index contributed by atoms with van der Waals surface area (Å²) in [7, 11) is 0. The van der Waals surface area contributed by atoms with Crippen molar-refractivity contribution in [3.63, 3.8) is 0 Å². The summed E-state index contributed by atoms with van der Waals surface area (Å²) < 4.78 is 0. The summed E-state index contributed by atoms with van der Waals surface area (Å²) in [5.74, 6) is -0.0260. The number of carbonyl (C=O) groups excluding carboxylic acids is 1. The monoisotopic (exact) mass is 956 g/mol. The zero-order valence-electron chi connectivity index (χ0n) is 46.7. The fourth-order valence-corrected chi connectivity index (χ4v) is 10.2. The third-order valence-corrected chi connectivity index (χ3v) is 15.0. The van der Waals surface area contributed by atoms with Gasteiger partial charge >= 0.3 is 0 Å². The van der Waals surface area contributed by atoms with Crippen LogP contribution in [0.5, 0.6) is 0 Å². The van der Waals surface area contributed by atoms with E-state index in [1.807, 2.05) is 0 Å². The average Bonchev–Trinajstić information content (AvgIpc) is 3.34. The zero-order valence-corrected chi connectivity index (χ0v) is 46.7. The molecule has 0 fully saturated rings. The lowest BCUT2D eigenvalue weighted by atomic mass is 10.0. The van der Waals surface area contributed by atoms with Crippen LogP contribution in [0.25, 0.3) is 0 Å². The SMILES string of the molecule is CCCCCCC/C=C\C/C=C\CCCCCCCCCCCCCCCC(=O)NC(CO)C(O)CCCCCCCCCCCCCCCCCCCCCCCCCCCCCCCCC. The zero-order chi connectivity index (χ0) is 49.2. The van der Waals surface area contributed by atoms with Gasteiger partial charge in [-0.15, -0.1) is 0 Å². The molecule has 404 valence electrons. The van der Waals surface area contributed by atoms with Gasteiger partial charge in [-0.25, -0.2) is 0 Å². The Labute approximate surface area is 428 Å². The third kappa shape index (κ3) is 55.8. The van der Waals surface area contributed by atoms with Gasteiger partial charge < -0.3 is 15.5 Å². The summed E-state index contributed by atoms with van der Waals surface area (Å²) in [6.45, 7) is 4.39. The Balaban J connectivity index is 3.40. The quantitative estimate of drug-likeness (QED) is 0.0420. The molecule has 1 amide bonds. The van der Waals surface area contributed by atoms with E-state index in [0.29, 0.717) is 12.8 Å². The van der Waals surface area contributed by atoms with Gasteiger partial charge in [-0.2, -0.15) is 0 Å². The molecule has 4 heteroatoms. The molecule has 0 aromatic heterocycles. The van der Waals surface area contributed by atoms with E-state index in [4.69, 9.17) is 0 Å². The number of nitrogens with one attached hydrogen (secondary N) is 1. The molecule has 0 radical (unpaired) electrons. The first-order valence-corrected chi connectivity index (χ1v) is 31.5. The second-order valence-electron chi connectivity index (χ2n) is 21.8. The largest absolute Gasteiger partial charge is 0.394 e. The topological polar surface area (TPSA) is 69.6 Å². The van der Waals surface area contributed by atoms with Crippen molar-refractivity contribution in [1.29, 1.82) is 0 Å². The van der Waals surface area contributed by atoms with Crippen LogP contribution in [-0.2, 0) is 4.79 Å². The highest BCUT2D eigenvalue weighted by atomic mass is 16.3. The smallest absolute Gasteiger partial charge is 0.220 e. The van der Waals surface area contributed by atoms with Crippen molar-refractivity contribution in [2.24, 2.45) is 0 Å². The van der Waals surface area contributed by atoms with E-state index in [-0.39, 0.29) is 12.5 Å². The number of amides is 1. The van der Waals surface area contributed by atoms with Gasteiger partial charge in [0.25, 0.3) is 0 Å². The third-order valence-electron chi connectivity index (χ3n) is 15.0. The van der Waals surface area contributed by atoms with E-state index >= 15 is 0 Å². The van der Waals surface area contributed by atoms with Crippen LogP contribution in [0.2, 0.25) is 0 Å². The predicted molar refractivity (Wildman–Crippen MR) is 304 cm³/mol. The lowest BCUT2D eigenvalue weighted by molar-refractivity contribution is -0.123. The number of hydrogen-bond acceptors (Lipinski definition) is 3. The van der Waals surface area contributed by atoms with E-state index < -0.39 is 12.1 Å². The fourth-order valence-electron chi connectivity index (χ4n) is 10.2. The van der Waals surface area contributed by atoms with Gasteiger partial charge in [0, 0.05) is 6.42 Å². The lowest BCUT2D eigenvalue weighted by Crippen LogP contribution is -2.45. The number of rotatable bonds is 59. The number of aliphatic hydroxyl groups is 2. The maximum absolute atomic E-state index is 12.5. The highest BCUT2D eigenvalue weighted by Crippen LogP contribution is 2.19. The molecule has 0 aromatic rings. The highest BCUT2D eigenvalue weighted by molar-refractivity contribution is 5.76. The average molecular weight is 957 g/mol. The van der Waals surface area contributed by atoms with Gasteiger partial charge in [0.2, 0.25) is 5.91 Å². The van der Waals surface area contributed by atoms with Crippen LogP contribution in [0.15, 0.2) is 24.3 Å². The van der Waals surface area contributed by atoms with Crippen molar-refractivity contribution in [3.05, 3.63) is 24.3 Å². The molecule has 68 heavy (non-hydrogen) atoms. The van der Waals surface area contributed by atoms with Crippen molar-refractivity contribution in [2.45, 2.75) is 373 Å². The van der Waals surface area contributed by atoms with E-state index in [0.717, 1.165) is 32.1 Å². The molecule has 0 rings (SSSR count). The summed E-state index contributed by atoms with van der Waals surface area (Å²) in [6.07, 6.45) is 80.6. The summed E-state index contributed by atoms with van der Waals surface area (Å²) >= 11 is 0. The van der Waals surface area contributed by atoms with E-state index in [1.54, 1.807) is 0 Å². The van der Waals surface area contributed by atoms with Gasteiger partial charge in [0.05, 0.1) is 18.8 Å². The Morgan fingerprint density at radius 1 is 0.353 bits per heavy atom. The summed E-state index contributed by atoms with van der Waals surface area (Å²) in [6, 6.07) is -0.537. The number of unbranched alkanes of at least 4 members (excludes halogenated alkanes) is 48. The summed E-state index contributed by atoms with van der Waals surface area (Å²) in [5, 5.41) is 23.4. The Kier molecular flexibility index (Phi) is 59.2. The van der Waals surface area contributed by atoms with Crippen LogP contribution in [0.4, 0.5) is 0 Å². The molecule has 2 atom stereocenters. The molecule has 0 spiro atoms. The summed E-state index contributed by atoms with van der Waals surface area (Å²) in [4.78, 5) is 12.5. The minimum absolute atomic E-state index is 0.0260. The predicted octanol–water partition coefficient (Wildman–Crippen LogP) is 21.0. The summed E-state index contributed by atoms with van der Waals surface area (Å²) in [5.41, 5.74) is 0. The Bertz CT molecular complexity index is 994. The first-order valence-electron chi connectivity index (χ1n) is 31.5. The molecular formula is C64H125NO3. The standard InChI is InChI=1S/C64H125NO3/c1-3-5-7-9-11-13-15-17-19-21-23-25-27-29-30-31-32-33-34-36-37-39-41-43-45-47-49-51-53-55-57-59-63(67)62(61-66)65-64(68)60-58-56-54-52-50-48-46-44-42-40-38-35-28-26-24-22-20-18-16-14-12-10-8-6-4-2/h16,18,22,24,62-63,66-67H,3-15,17,19-21,23,25-61H2,1-2H3,(H,65,68)/b18-16-,24-22-. The second kappa shape index (κ2) is 60.2. The molecule has 3 N–H and O–H groups in total. The van der Waals surface area contributed by atoms with Crippen LogP contribution < -0.4 is 5.32 Å². The molecule has 0 saturated carbocycles. The molecule has 4 nitrogen and oxygen atoms in total. The van der Waals surface area contributed by atoms with Crippen LogP contribution in [0.3, 0.4) is 0 Å². The molecule has 0 bridgehead atoms. The number of carbonyl (C=O) groups is 1. The van der Waals surface area contributed by atoms with Crippen molar-refractivity contribution >= 4 is 5.91 Å². The number of aliphatic hydroxyl groups excluding tert-OH is 2. The molecular weight excluding hydrogens is 831 g/mol. The molecule has 0 aliphatic rings. The van der Waals surface area contributed by atoms with Crippen LogP contribution in [-0.4, -0.2) is 34.9 Å². The molecule has 0 aromatic carbocycles. The first-order chi connectivity index (χ1) is 33.7. The van der Waals surface area contributed by atoms with E-state index in [2.05, 4.69) is 43.5 Å². The fraction of sp³-hybridized carbons (Fsp3) is 0.922. The minimum Gasteiger partial charge on any atom is -0.394 e. The normalized spacial score (nSPS) is 12.8. The van der Waals surface area contributed by atoms with Crippen molar-refractivity contribution in [2.75, 3.05) is 6.61 Å². The number of hydrogen-bond donors (Lipinski definition) is 3. The number of allylic oxidation sites excluding steroid dienone is 4. The van der Waals surface area contributed by atoms with Crippen LogP contribution >= 0.6 is 0 Å². The Morgan fingerprint density at radius 2 is 0.603 bits per heavy atom. The Morgan fingerprint density at radius 3 is 0.882 bits per heavy atom. The molecule has 0 saturated heterocycles. The highest BCUT2D eigenvalue weighted by Gasteiger charge is 2.20. The minimum atomic E-state index is -0.660. The van der Waals surface area contributed by atoms with Crippen LogP contribution in [0, 0.1) is 0 Å². The first kappa shape index (κ1) is 66.9. The van der Waals surface area contributed by atoms with Gasteiger partial charge in [0.15, 0.2) is 0 Å². The van der Waals surface area contributed by atoms with Gasteiger partial charge in [-0.1, -0.05) is 334 Å². The van der Waals surface area contributed by atoms with Crippen molar-refractivity contribution < 1.29 is 15.0 Å². The van der Waals surface area contributed by atoms with E-state index in [9.17, 15) is 15.0 Å². The molecule has 0 aliphatic heterocycles. The van der Waals surface area contributed by atoms with Crippen molar-refractivity contribution in [3.8, 4) is 0 Å². The van der Waals surface area contributed by atoms with Gasteiger partial charge in [-0.3, -0.25) is 4.79 Å². The maximum Gasteiger partial charge on any atom is 0.220 e.